The van der Waals surface area contributed by atoms with Crippen LogP contribution in [0.1, 0.15) is 81.8 Å². The molecule has 2 aromatic rings. The number of hydrogen-bond acceptors (Lipinski definition) is 4. The standard InChI is InChI=1S/C27H31F8N5O2/c1-13(26(30,31)32)10-20(41)38-21(14-2-3-14)18-6-9-40-12-19(37-24(40)36-18)22(15-4-7-25(28,29)8-5-15)39-23(42)16-11-17(16)27(33,34)35/h6,9,12-17,21-22H,2-5,7-8,10-11H2,1H3,(H,38,41)(H,39,42)/t13?,16-,17-,21-,22+/m1/s1. The monoisotopic (exact) mass is 609 g/mol. The van der Waals surface area contributed by atoms with Crippen LogP contribution in [-0.4, -0.2) is 44.5 Å². The zero-order valence-corrected chi connectivity index (χ0v) is 22.6. The van der Waals surface area contributed by atoms with Crippen molar-refractivity contribution < 1.29 is 44.7 Å². The van der Waals surface area contributed by atoms with Gasteiger partial charge in [0.2, 0.25) is 23.5 Å². The molecule has 232 valence electrons. The summed E-state index contributed by atoms with van der Waals surface area (Å²) in [5, 5.41) is 5.30. The maximum absolute atomic E-state index is 13.9. The largest absolute Gasteiger partial charge is 0.392 e. The summed E-state index contributed by atoms with van der Waals surface area (Å²) in [5.74, 6) is -9.63. The van der Waals surface area contributed by atoms with Crippen LogP contribution in [0, 0.1) is 29.6 Å². The lowest BCUT2D eigenvalue weighted by atomic mass is 9.81. The number of halogens is 8. The first-order valence-corrected chi connectivity index (χ1v) is 14.0. The van der Waals surface area contributed by atoms with Crippen molar-refractivity contribution in [2.45, 2.75) is 88.6 Å². The van der Waals surface area contributed by atoms with E-state index in [-0.39, 0.29) is 36.7 Å². The molecule has 15 heteroatoms. The van der Waals surface area contributed by atoms with E-state index < -0.39 is 85.1 Å². The Morgan fingerprint density at radius 3 is 2.14 bits per heavy atom. The summed E-state index contributed by atoms with van der Waals surface area (Å²) in [4.78, 5) is 34.2. The van der Waals surface area contributed by atoms with E-state index in [1.54, 1.807) is 12.3 Å². The van der Waals surface area contributed by atoms with Gasteiger partial charge in [-0.1, -0.05) is 6.92 Å². The average Bonchev–Trinajstić information content (AvgIpc) is 3.80. The Hall–Kier alpha value is -3.00. The Labute approximate surface area is 235 Å². The number of nitrogens with one attached hydrogen (secondary N) is 2. The van der Waals surface area contributed by atoms with Gasteiger partial charge < -0.3 is 10.6 Å². The van der Waals surface area contributed by atoms with E-state index in [2.05, 4.69) is 20.6 Å². The Morgan fingerprint density at radius 2 is 1.57 bits per heavy atom. The van der Waals surface area contributed by atoms with Gasteiger partial charge in [0.25, 0.3) is 0 Å². The molecule has 2 heterocycles. The van der Waals surface area contributed by atoms with Gasteiger partial charge >= 0.3 is 12.4 Å². The molecule has 2 aromatic heterocycles. The van der Waals surface area contributed by atoms with Crippen LogP contribution in [0.5, 0.6) is 0 Å². The Morgan fingerprint density at radius 1 is 0.976 bits per heavy atom. The van der Waals surface area contributed by atoms with E-state index in [1.165, 1.54) is 10.6 Å². The van der Waals surface area contributed by atoms with E-state index >= 15 is 0 Å². The molecule has 2 amide bonds. The van der Waals surface area contributed by atoms with E-state index in [0.717, 1.165) is 19.8 Å². The van der Waals surface area contributed by atoms with Crippen molar-refractivity contribution >= 4 is 17.6 Å². The summed E-state index contributed by atoms with van der Waals surface area (Å²) in [6, 6.07) is 0.0197. The third-order valence-corrected chi connectivity index (χ3v) is 8.54. The first kappa shape index (κ1) is 30.5. The molecular weight excluding hydrogens is 578 g/mol. The second-order valence-corrected chi connectivity index (χ2v) is 11.9. The van der Waals surface area contributed by atoms with Gasteiger partial charge in [0, 0.05) is 31.7 Å². The van der Waals surface area contributed by atoms with Crippen LogP contribution in [0.4, 0.5) is 35.1 Å². The van der Waals surface area contributed by atoms with Crippen molar-refractivity contribution in [3.63, 3.8) is 0 Å². The second kappa shape index (κ2) is 10.9. The molecule has 3 aliphatic carbocycles. The molecule has 0 radical (unpaired) electrons. The lowest BCUT2D eigenvalue weighted by Crippen LogP contribution is -2.38. The number of nitrogens with zero attached hydrogens (tertiary/aromatic N) is 3. The van der Waals surface area contributed by atoms with Crippen LogP contribution in [-0.2, 0) is 9.59 Å². The molecule has 2 N–H and O–H groups in total. The molecule has 0 aliphatic heterocycles. The minimum absolute atomic E-state index is 0.0180. The smallest absolute Gasteiger partial charge is 0.347 e. The normalized spacial score (nSPS) is 25.1. The van der Waals surface area contributed by atoms with Crippen LogP contribution in [0.2, 0.25) is 0 Å². The van der Waals surface area contributed by atoms with Crippen molar-refractivity contribution in [3.8, 4) is 0 Å². The number of amides is 2. The highest BCUT2D eigenvalue weighted by Gasteiger charge is 2.59. The summed E-state index contributed by atoms with van der Waals surface area (Å²) >= 11 is 0. The highest BCUT2D eigenvalue weighted by atomic mass is 19.4. The quantitative estimate of drug-likeness (QED) is 0.338. The minimum atomic E-state index is -4.51. The fraction of sp³-hybridized carbons (Fsp3) is 0.704. The maximum atomic E-state index is 13.9. The summed E-state index contributed by atoms with van der Waals surface area (Å²) in [7, 11) is 0. The van der Waals surface area contributed by atoms with E-state index in [0.29, 0.717) is 5.69 Å². The van der Waals surface area contributed by atoms with Crippen molar-refractivity contribution in [2.24, 2.45) is 29.6 Å². The third-order valence-electron chi connectivity index (χ3n) is 8.54. The van der Waals surface area contributed by atoms with Crippen LogP contribution in [0.3, 0.4) is 0 Å². The van der Waals surface area contributed by atoms with Crippen molar-refractivity contribution in [1.82, 2.24) is 25.0 Å². The SMILES string of the molecule is CC(CC(=O)N[C@@H](c1ccn2cc([C@@H](NC(=O)[C@@H]3C[C@H]3C(F)(F)F)C3CCC(F)(F)CC3)nc2n1)C1CC1)C(F)(F)F. The highest BCUT2D eigenvalue weighted by Crippen LogP contribution is 2.51. The van der Waals surface area contributed by atoms with Gasteiger partial charge in [-0.2, -0.15) is 26.3 Å². The average molecular weight is 610 g/mol. The summed E-state index contributed by atoms with van der Waals surface area (Å²) < 4.78 is 107. The zero-order valence-electron chi connectivity index (χ0n) is 22.6. The lowest BCUT2D eigenvalue weighted by Gasteiger charge is -2.33. The predicted molar refractivity (Wildman–Crippen MR) is 132 cm³/mol. The number of fused-ring (bicyclic) bond motifs is 1. The molecule has 0 aromatic carbocycles. The van der Waals surface area contributed by atoms with Gasteiger partial charge in [0.1, 0.15) is 0 Å². The van der Waals surface area contributed by atoms with Crippen molar-refractivity contribution in [3.05, 3.63) is 29.8 Å². The number of hydrogen-bond donors (Lipinski definition) is 2. The Balaban J connectivity index is 1.36. The van der Waals surface area contributed by atoms with Crippen molar-refractivity contribution in [2.75, 3.05) is 0 Å². The van der Waals surface area contributed by atoms with Crippen LogP contribution in [0.15, 0.2) is 18.5 Å². The van der Waals surface area contributed by atoms with Crippen LogP contribution < -0.4 is 10.6 Å². The molecule has 3 aliphatic rings. The van der Waals surface area contributed by atoms with Gasteiger partial charge in [0.05, 0.1) is 41.2 Å². The second-order valence-electron chi connectivity index (χ2n) is 11.9. The van der Waals surface area contributed by atoms with Gasteiger partial charge in [-0.3, -0.25) is 14.0 Å². The van der Waals surface area contributed by atoms with Crippen LogP contribution in [0.25, 0.3) is 5.78 Å². The predicted octanol–water partition coefficient (Wildman–Crippen LogP) is 6.07. The topological polar surface area (TPSA) is 88.4 Å². The number of aromatic nitrogens is 3. The minimum Gasteiger partial charge on any atom is -0.347 e. The molecule has 3 saturated carbocycles. The first-order chi connectivity index (χ1) is 19.5. The Bertz CT molecular complexity index is 1310. The third kappa shape index (κ3) is 6.96. The van der Waals surface area contributed by atoms with E-state index in [9.17, 15) is 44.7 Å². The van der Waals surface area contributed by atoms with Gasteiger partial charge in [-0.05, 0) is 50.0 Å². The molecule has 5 atom stereocenters. The molecule has 1 unspecified atom stereocenters. The molecule has 3 fully saturated rings. The highest BCUT2D eigenvalue weighted by molar-refractivity contribution is 5.82. The number of imidazole rings is 1. The summed E-state index contributed by atoms with van der Waals surface area (Å²) in [5.41, 5.74) is 0.623. The number of carbonyl (C=O) groups is 2. The fourth-order valence-corrected chi connectivity index (χ4v) is 5.65. The molecular formula is C27H31F8N5O2. The molecule has 0 spiro atoms. The summed E-state index contributed by atoms with van der Waals surface area (Å²) in [6.45, 7) is 0.928. The Kier molecular flexibility index (Phi) is 7.92. The maximum Gasteiger partial charge on any atom is 0.392 e. The van der Waals surface area contributed by atoms with E-state index in [4.69, 9.17) is 0 Å². The van der Waals surface area contributed by atoms with Gasteiger partial charge in [-0.15, -0.1) is 0 Å². The zero-order chi connectivity index (χ0) is 30.6. The number of alkyl halides is 8. The van der Waals surface area contributed by atoms with Gasteiger partial charge in [0.15, 0.2) is 0 Å². The summed E-state index contributed by atoms with van der Waals surface area (Å²) in [6.07, 6.45) is -6.30. The number of carbonyl (C=O) groups excluding carboxylic acids is 2. The van der Waals surface area contributed by atoms with Crippen LogP contribution >= 0.6 is 0 Å². The van der Waals surface area contributed by atoms with E-state index in [1.807, 2.05) is 0 Å². The fourth-order valence-electron chi connectivity index (χ4n) is 5.65. The molecule has 0 bridgehead atoms. The lowest BCUT2D eigenvalue weighted by molar-refractivity contribution is -0.174. The molecule has 42 heavy (non-hydrogen) atoms. The van der Waals surface area contributed by atoms with Crippen molar-refractivity contribution in [1.29, 1.82) is 0 Å². The number of rotatable bonds is 9. The molecule has 5 rings (SSSR count). The molecule has 0 saturated heterocycles. The first-order valence-electron chi connectivity index (χ1n) is 14.0. The van der Waals surface area contributed by atoms with Gasteiger partial charge in [-0.25, -0.2) is 18.7 Å². The molecule has 7 nitrogen and oxygen atoms in total.